The van der Waals surface area contributed by atoms with Gasteiger partial charge in [-0.1, -0.05) is 18.2 Å². The van der Waals surface area contributed by atoms with Crippen molar-refractivity contribution in [3.05, 3.63) is 42.2 Å². The summed E-state index contributed by atoms with van der Waals surface area (Å²) in [7, 11) is 0. The molecule has 0 unspecified atom stereocenters. The molecule has 0 atom stereocenters. The van der Waals surface area contributed by atoms with Crippen LogP contribution in [0.3, 0.4) is 0 Å². The Morgan fingerprint density at radius 1 is 1.31 bits per heavy atom. The monoisotopic (exact) mass is 217 g/mol. The minimum absolute atomic E-state index is 0.923. The lowest BCUT2D eigenvalue weighted by atomic mass is 10.3. The second kappa shape index (κ2) is 6.40. The minimum atomic E-state index is 0.923. The van der Waals surface area contributed by atoms with Crippen molar-refractivity contribution in [3.63, 3.8) is 0 Å². The van der Waals surface area contributed by atoms with Crippen molar-refractivity contribution in [3.8, 4) is 0 Å². The Kier molecular flexibility index (Phi) is 4.52. The molecule has 0 aromatic carbocycles. The molecule has 2 rings (SSSR count). The van der Waals surface area contributed by atoms with Crippen molar-refractivity contribution in [2.75, 3.05) is 26.2 Å². The number of rotatable bonds is 6. The summed E-state index contributed by atoms with van der Waals surface area (Å²) < 4.78 is 0. The average Bonchev–Trinajstić information content (AvgIpc) is 2.83. The quantitative estimate of drug-likeness (QED) is 0.577. The maximum Gasteiger partial charge on any atom is 0.0312 e. The molecular formula is C13H19N3. The number of pyridine rings is 1. The third-order valence-corrected chi connectivity index (χ3v) is 2.77. The smallest absolute Gasteiger partial charge is 0.0312 e. The lowest BCUT2D eigenvalue weighted by Crippen LogP contribution is -2.25. The van der Waals surface area contributed by atoms with Gasteiger partial charge in [-0.2, -0.15) is 0 Å². The summed E-state index contributed by atoms with van der Waals surface area (Å²) in [4.78, 5) is 6.54. The lowest BCUT2D eigenvalue weighted by molar-refractivity contribution is 0.343. The van der Waals surface area contributed by atoms with Crippen LogP contribution in [-0.2, 0) is 6.54 Å². The molecule has 1 aliphatic rings. The molecule has 1 aromatic rings. The molecule has 1 aromatic heterocycles. The molecule has 0 aliphatic carbocycles. The van der Waals surface area contributed by atoms with Gasteiger partial charge < -0.3 is 5.32 Å². The van der Waals surface area contributed by atoms with Crippen LogP contribution in [0.25, 0.3) is 0 Å². The summed E-state index contributed by atoms with van der Waals surface area (Å²) >= 11 is 0. The van der Waals surface area contributed by atoms with E-state index in [2.05, 4.69) is 33.4 Å². The molecule has 3 heteroatoms. The standard InChI is InChI=1S/C13H19N3/c1-2-9-16(8-1)10-4-7-15-12-13-5-3-6-14-11-13/h1-3,5-6,11,15H,4,7-10,12H2. The molecule has 16 heavy (non-hydrogen) atoms. The molecule has 0 spiro atoms. The van der Waals surface area contributed by atoms with E-state index in [1.807, 2.05) is 18.5 Å². The third-order valence-electron chi connectivity index (χ3n) is 2.77. The minimum Gasteiger partial charge on any atom is -0.313 e. The molecule has 2 heterocycles. The van der Waals surface area contributed by atoms with Crippen LogP contribution in [0.4, 0.5) is 0 Å². The van der Waals surface area contributed by atoms with Crippen molar-refractivity contribution in [1.82, 2.24) is 15.2 Å². The number of hydrogen-bond acceptors (Lipinski definition) is 3. The van der Waals surface area contributed by atoms with Crippen LogP contribution in [0.1, 0.15) is 12.0 Å². The first-order valence-electron chi connectivity index (χ1n) is 5.92. The highest BCUT2D eigenvalue weighted by Crippen LogP contribution is 1.99. The van der Waals surface area contributed by atoms with Gasteiger partial charge in [0.2, 0.25) is 0 Å². The molecule has 1 N–H and O–H groups in total. The van der Waals surface area contributed by atoms with Crippen LogP contribution in [0, 0.1) is 0 Å². The summed E-state index contributed by atoms with van der Waals surface area (Å²) in [6.07, 6.45) is 9.41. The fourth-order valence-electron chi connectivity index (χ4n) is 1.87. The summed E-state index contributed by atoms with van der Waals surface area (Å²) in [5.74, 6) is 0. The Hall–Kier alpha value is -1.19. The van der Waals surface area contributed by atoms with Crippen molar-refractivity contribution >= 4 is 0 Å². The number of nitrogens with zero attached hydrogens (tertiary/aromatic N) is 2. The maximum atomic E-state index is 4.09. The van der Waals surface area contributed by atoms with Gasteiger partial charge in [-0.25, -0.2) is 0 Å². The van der Waals surface area contributed by atoms with E-state index < -0.39 is 0 Å². The predicted molar refractivity (Wildman–Crippen MR) is 66.1 cm³/mol. The molecule has 0 saturated heterocycles. The van der Waals surface area contributed by atoms with Crippen LogP contribution in [0.15, 0.2) is 36.7 Å². The number of hydrogen-bond donors (Lipinski definition) is 1. The Morgan fingerprint density at radius 3 is 2.94 bits per heavy atom. The van der Waals surface area contributed by atoms with Gasteiger partial charge in [0.15, 0.2) is 0 Å². The van der Waals surface area contributed by atoms with Crippen LogP contribution >= 0.6 is 0 Å². The first-order valence-corrected chi connectivity index (χ1v) is 5.92. The molecule has 3 nitrogen and oxygen atoms in total. The summed E-state index contributed by atoms with van der Waals surface area (Å²) in [6.45, 7) is 5.44. The highest BCUT2D eigenvalue weighted by molar-refractivity contribution is 5.07. The van der Waals surface area contributed by atoms with E-state index >= 15 is 0 Å². The van der Waals surface area contributed by atoms with Crippen molar-refractivity contribution in [2.24, 2.45) is 0 Å². The van der Waals surface area contributed by atoms with Crippen LogP contribution in [-0.4, -0.2) is 36.1 Å². The van der Waals surface area contributed by atoms with E-state index in [0.717, 1.165) is 26.2 Å². The van der Waals surface area contributed by atoms with E-state index in [1.54, 1.807) is 0 Å². The molecule has 86 valence electrons. The third kappa shape index (κ3) is 3.76. The molecule has 0 amide bonds. The average molecular weight is 217 g/mol. The van der Waals surface area contributed by atoms with Gasteiger partial charge in [-0.05, 0) is 31.1 Å². The summed E-state index contributed by atoms with van der Waals surface area (Å²) in [5, 5.41) is 3.44. The molecule has 0 fully saturated rings. The van der Waals surface area contributed by atoms with Crippen LogP contribution in [0.2, 0.25) is 0 Å². The van der Waals surface area contributed by atoms with Gasteiger partial charge in [0, 0.05) is 32.0 Å². The zero-order valence-electron chi connectivity index (χ0n) is 9.60. The van der Waals surface area contributed by atoms with Gasteiger partial charge in [0.1, 0.15) is 0 Å². The zero-order chi connectivity index (χ0) is 11.1. The van der Waals surface area contributed by atoms with Gasteiger partial charge in [-0.15, -0.1) is 0 Å². The van der Waals surface area contributed by atoms with E-state index in [9.17, 15) is 0 Å². The second-order valence-corrected chi connectivity index (χ2v) is 4.12. The maximum absolute atomic E-state index is 4.09. The summed E-state index contributed by atoms with van der Waals surface area (Å²) in [5.41, 5.74) is 1.25. The van der Waals surface area contributed by atoms with Gasteiger partial charge in [0.05, 0.1) is 0 Å². The Labute approximate surface area is 97.2 Å². The fourth-order valence-corrected chi connectivity index (χ4v) is 1.87. The first-order chi connectivity index (χ1) is 7.95. The topological polar surface area (TPSA) is 28.2 Å². The van der Waals surface area contributed by atoms with Crippen molar-refractivity contribution in [1.29, 1.82) is 0 Å². The largest absolute Gasteiger partial charge is 0.313 e. The molecule has 0 saturated carbocycles. The fraction of sp³-hybridized carbons (Fsp3) is 0.462. The molecule has 1 aliphatic heterocycles. The van der Waals surface area contributed by atoms with Gasteiger partial charge >= 0.3 is 0 Å². The van der Waals surface area contributed by atoms with E-state index in [-0.39, 0.29) is 0 Å². The molecule has 0 bridgehead atoms. The number of aromatic nitrogens is 1. The first kappa shape index (κ1) is 11.3. The Bertz CT molecular complexity index is 313. The lowest BCUT2D eigenvalue weighted by Gasteiger charge is -2.14. The van der Waals surface area contributed by atoms with Crippen LogP contribution in [0.5, 0.6) is 0 Å². The van der Waals surface area contributed by atoms with Crippen molar-refractivity contribution in [2.45, 2.75) is 13.0 Å². The predicted octanol–water partition coefficient (Wildman–Crippen LogP) is 1.43. The number of nitrogens with one attached hydrogen (secondary N) is 1. The molecule has 0 radical (unpaired) electrons. The Morgan fingerprint density at radius 2 is 2.19 bits per heavy atom. The van der Waals surface area contributed by atoms with Gasteiger partial charge in [0.25, 0.3) is 0 Å². The zero-order valence-corrected chi connectivity index (χ0v) is 9.60. The van der Waals surface area contributed by atoms with E-state index in [4.69, 9.17) is 0 Å². The molecular weight excluding hydrogens is 198 g/mol. The van der Waals surface area contributed by atoms with Crippen LogP contribution < -0.4 is 5.32 Å². The van der Waals surface area contributed by atoms with Gasteiger partial charge in [-0.3, -0.25) is 9.88 Å². The normalized spacial score (nSPS) is 15.8. The van der Waals surface area contributed by atoms with E-state index in [0.29, 0.717) is 0 Å². The Balaban J connectivity index is 1.52. The van der Waals surface area contributed by atoms with E-state index in [1.165, 1.54) is 18.5 Å². The highest BCUT2D eigenvalue weighted by Gasteiger charge is 2.04. The highest BCUT2D eigenvalue weighted by atomic mass is 15.1. The van der Waals surface area contributed by atoms with Crippen molar-refractivity contribution < 1.29 is 0 Å². The second-order valence-electron chi connectivity index (χ2n) is 4.12. The SMILES string of the molecule is C1=CCN(CCCNCc2cccnc2)C1. The summed E-state index contributed by atoms with van der Waals surface area (Å²) in [6, 6.07) is 4.08.